The van der Waals surface area contributed by atoms with Gasteiger partial charge in [-0.05, 0) is 19.3 Å². The van der Waals surface area contributed by atoms with Crippen LogP contribution in [0.4, 0.5) is 0 Å². The van der Waals surface area contributed by atoms with Gasteiger partial charge in [-0.15, -0.1) is 0 Å². The van der Waals surface area contributed by atoms with Crippen molar-refractivity contribution in [1.82, 2.24) is 5.32 Å². The summed E-state index contributed by atoms with van der Waals surface area (Å²) in [6.45, 7) is 1.79. The normalized spacial score (nSPS) is 18.4. The maximum Gasteiger partial charge on any atom is 0.329 e. The fourth-order valence-corrected chi connectivity index (χ4v) is 1.67. The monoisotopic (exact) mass is 275 g/mol. The molecule has 7 heteroatoms. The number of aliphatic carboxylic acids is 1. The SMILES string of the molecule is O=C(O)COCC(=O)NCCCOCC1CCCO1. The van der Waals surface area contributed by atoms with Crippen molar-refractivity contribution in [3.8, 4) is 0 Å². The van der Waals surface area contributed by atoms with Gasteiger partial charge in [0.25, 0.3) is 0 Å². The van der Waals surface area contributed by atoms with Gasteiger partial charge in [-0.2, -0.15) is 0 Å². The van der Waals surface area contributed by atoms with Crippen molar-refractivity contribution in [3.63, 3.8) is 0 Å². The predicted molar refractivity (Wildman–Crippen MR) is 65.9 cm³/mol. The molecule has 1 rings (SSSR count). The lowest BCUT2D eigenvalue weighted by Crippen LogP contribution is -2.30. The molecular formula is C12H21NO6. The Balaban J connectivity index is 1.84. The zero-order valence-corrected chi connectivity index (χ0v) is 10.9. The van der Waals surface area contributed by atoms with Crippen LogP contribution in [0.5, 0.6) is 0 Å². The average Bonchev–Trinajstić information content (AvgIpc) is 2.86. The third kappa shape index (κ3) is 8.52. The molecule has 1 heterocycles. The molecule has 0 aliphatic carbocycles. The molecule has 1 unspecified atom stereocenters. The summed E-state index contributed by atoms with van der Waals surface area (Å²) in [5, 5.41) is 10.9. The van der Waals surface area contributed by atoms with E-state index in [4.69, 9.17) is 14.6 Å². The lowest BCUT2D eigenvalue weighted by Gasteiger charge is -2.10. The standard InChI is InChI=1S/C12H21NO6/c14-11(8-18-9-12(15)16)13-4-2-5-17-7-10-3-1-6-19-10/h10H,1-9H2,(H,13,14)(H,15,16). The molecule has 110 valence electrons. The molecule has 0 saturated carbocycles. The van der Waals surface area contributed by atoms with Gasteiger partial charge in [-0.3, -0.25) is 4.79 Å². The molecule has 0 bridgehead atoms. The minimum atomic E-state index is -1.09. The first-order chi connectivity index (χ1) is 9.18. The van der Waals surface area contributed by atoms with Crippen LogP contribution in [0.15, 0.2) is 0 Å². The first-order valence-corrected chi connectivity index (χ1v) is 6.44. The number of carbonyl (C=O) groups is 2. The van der Waals surface area contributed by atoms with Gasteiger partial charge >= 0.3 is 5.97 Å². The van der Waals surface area contributed by atoms with Crippen LogP contribution in [0.25, 0.3) is 0 Å². The molecule has 2 N–H and O–H groups in total. The summed E-state index contributed by atoms with van der Waals surface area (Å²) < 4.78 is 15.5. The van der Waals surface area contributed by atoms with Crippen LogP contribution in [0.1, 0.15) is 19.3 Å². The van der Waals surface area contributed by atoms with E-state index in [1.807, 2.05) is 0 Å². The molecule has 1 amide bonds. The van der Waals surface area contributed by atoms with Gasteiger partial charge in [0.05, 0.1) is 12.7 Å². The molecule has 19 heavy (non-hydrogen) atoms. The number of carboxylic acids is 1. The highest BCUT2D eigenvalue weighted by molar-refractivity contribution is 5.77. The highest BCUT2D eigenvalue weighted by atomic mass is 16.5. The Bertz CT molecular complexity index is 277. The fourth-order valence-electron chi connectivity index (χ4n) is 1.67. The van der Waals surface area contributed by atoms with E-state index >= 15 is 0 Å². The lowest BCUT2D eigenvalue weighted by atomic mass is 10.2. The summed E-state index contributed by atoms with van der Waals surface area (Å²) in [7, 11) is 0. The smallest absolute Gasteiger partial charge is 0.329 e. The molecule has 0 aromatic carbocycles. The quantitative estimate of drug-likeness (QED) is 0.536. The van der Waals surface area contributed by atoms with E-state index in [1.54, 1.807) is 0 Å². The predicted octanol–water partition coefficient (Wildman–Crippen LogP) is -0.210. The Morgan fingerprint density at radius 2 is 2.16 bits per heavy atom. The van der Waals surface area contributed by atoms with Gasteiger partial charge < -0.3 is 24.6 Å². The van der Waals surface area contributed by atoms with Gasteiger partial charge in [-0.1, -0.05) is 0 Å². The minimum absolute atomic E-state index is 0.221. The minimum Gasteiger partial charge on any atom is -0.480 e. The Morgan fingerprint density at radius 1 is 1.32 bits per heavy atom. The largest absolute Gasteiger partial charge is 0.480 e. The number of amides is 1. The zero-order chi connectivity index (χ0) is 13.9. The maximum absolute atomic E-state index is 11.2. The Morgan fingerprint density at radius 3 is 2.84 bits per heavy atom. The second-order valence-electron chi connectivity index (χ2n) is 4.30. The lowest BCUT2D eigenvalue weighted by molar-refractivity contribution is -0.143. The van der Waals surface area contributed by atoms with Crippen LogP contribution in [-0.4, -0.2) is 62.7 Å². The van der Waals surface area contributed by atoms with Crippen molar-refractivity contribution in [1.29, 1.82) is 0 Å². The van der Waals surface area contributed by atoms with Crippen LogP contribution in [0.2, 0.25) is 0 Å². The Kier molecular flexibility index (Phi) is 8.11. The second-order valence-corrected chi connectivity index (χ2v) is 4.30. The topological polar surface area (TPSA) is 94.1 Å². The molecule has 1 aliphatic heterocycles. The molecular weight excluding hydrogens is 254 g/mol. The third-order valence-electron chi connectivity index (χ3n) is 2.57. The van der Waals surface area contributed by atoms with Crippen LogP contribution in [0.3, 0.4) is 0 Å². The molecule has 0 aromatic rings. The van der Waals surface area contributed by atoms with Gasteiger partial charge in [-0.25, -0.2) is 4.79 Å². The van der Waals surface area contributed by atoms with Crippen LogP contribution in [0, 0.1) is 0 Å². The molecule has 1 fully saturated rings. The number of hydrogen-bond donors (Lipinski definition) is 2. The number of carbonyl (C=O) groups excluding carboxylic acids is 1. The zero-order valence-electron chi connectivity index (χ0n) is 10.9. The van der Waals surface area contributed by atoms with E-state index in [1.165, 1.54) is 0 Å². The summed E-state index contributed by atoms with van der Waals surface area (Å²) >= 11 is 0. The van der Waals surface area contributed by atoms with E-state index in [9.17, 15) is 9.59 Å². The molecule has 7 nitrogen and oxygen atoms in total. The van der Waals surface area contributed by atoms with Crippen molar-refractivity contribution < 1.29 is 28.9 Å². The number of nitrogens with one attached hydrogen (secondary N) is 1. The van der Waals surface area contributed by atoms with E-state index in [-0.39, 0.29) is 18.6 Å². The third-order valence-corrected chi connectivity index (χ3v) is 2.57. The molecule has 1 atom stereocenters. The average molecular weight is 275 g/mol. The molecule has 0 radical (unpaired) electrons. The number of rotatable bonds is 10. The molecule has 0 spiro atoms. The first kappa shape index (κ1) is 15.9. The second kappa shape index (κ2) is 9.71. The van der Waals surface area contributed by atoms with E-state index in [0.717, 1.165) is 19.4 Å². The number of ether oxygens (including phenoxy) is 3. The van der Waals surface area contributed by atoms with Crippen molar-refractivity contribution >= 4 is 11.9 Å². The number of carboxylic acid groups (broad SMARTS) is 1. The summed E-state index contributed by atoms with van der Waals surface area (Å²) in [6, 6.07) is 0. The maximum atomic E-state index is 11.2. The van der Waals surface area contributed by atoms with Gasteiger partial charge in [0.1, 0.15) is 13.2 Å². The van der Waals surface area contributed by atoms with E-state index < -0.39 is 12.6 Å². The number of hydrogen-bond acceptors (Lipinski definition) is 5. The molecule has 1 aliphatic rings. The van der Waals surface area contributed by atoms with Crippen LogP contribution < -0.4 is 5.32 Å². The summed E-state index contributed by atoms with van der Waals surface area (Å²) in [6.07, 6.45) is 3.08. The van der Waals surface area contributed by atoms with Crippen LogP contribution in [-0.2, 0) is 23.8 Å². The van der Waals surface area contributed by atoms with Crippen molar-refractivity contribution in [3.05, 3.63) is 0 Å². The molecule has 0 aromatic heterocycles. The van der Waals surface area contributed by atoms with E-state index in [0.29, 0.717) is 26.2 Å². The summed E-state index contributed by atoms with van der Waals surface area (Å²) in [5.41, 5.74) is 0. The highest BCUT2D eigenvalue weighted by Gasteiger charge is 2.14. The first-order valence-electron chi connectivity index (χ1n) is 6.44. The molecule has 1 saturated heterocycles. The van der Waals surface area contributed by atoms with Crippen molar-refractivity contribution in [2.45, 2.75) is 25.4 Å². The van der Waals surface area contributed by atoms with Gasteiger partial charge in [0.2, 0.25) is 5.91 Å². The Labute approximate surface area is 112 Å². The van der Waals surface area contributed by atoms with E-state index in [2.05, 4.69) is 10.1 Å². The summed E-state index contributed by atoms with van der Waals surface area (Å²) in [5.74, 6) is -1.41. The van der Waals surface area contributed by atoms with Gasteiger partial charge in [0.15, 0.2) is 0 Å². The van der Waals surface area contributed by atoms with Crippen molar-refractivity contribution in [2.24, 2.45) is 0 Å². The highest BCUT2D eigenvalue weighted by Crippen LogP contribution is 2.11. The van der Waals surface area contributed by atoms with Gasteiger partial charge in [0, 0.05) is 19.8 Å². The van der Waals surface area contributed by atoms with Crippen molar-refractivity contribution in [2.75, 3.05) is 39.6 Å². The van der Waals surface area contributed by atoms with Crippen LogP contribution >= 0.6 is 0 Å². The summed E-state index contributed by atoms with van der Waals surface area (Å²) in [4.78, 5) is 21.3. The fraction of sp³-hybridized carbons (Fsp3) is 0.833. The Hall–Kier alpha value is -1.18.